The van der Waals surface area contributed by atoms with Crippen LogP contribution in [0, 0.1) is 5.92 Å². The smallest absolute Gasteiger partial charge is 0.410 e. The second-order valence-corrected chi connectivity index (χ2v) is 7.04. The van der Waals surface area contributed by atoms with Gasteiger partial charge in [0, 0.05) is 32.8 Å². The normalized spacial score (nSPS) is 18.0. The fourth-order valence-corrected chi connectivity index (χ4v) is 2.37. The lowest BCUT2D eigenvalue weighted by Crippen LogP contribution is -2.44. The highest BCUT2D eigenvalue weighted by molar-refractivity contribution is 5.68. The third-order valence-electron chi connectivity index (χ3n) is 3.47. The minimum Gasteiger partial charge on any atom is -0.444 e. The molecule has 1 rings (SSSR count). The SMILES string of the molecule is CC(O)CN(CCNCC1CCOCC1)C(=O)OC(C)(C)C. The van der Waals surface area contributed by atoms with Crippen molar-refractivity contribution in [2.45, 2.75) is 52.2 Å². The largest absolute Gasteiger partial charge is 0.444 e. The number of nitrogens with one attached hydrogen (secondary N) is 1. The summed E-state index contributed by atoms with van der Waals surface area (Å²) in [7, 11) is 0. The number of carbonyl (C=O) groups is 1. The topological polar surface area (TPSA) is 71.0 Å². The number of hydrogen-bond acceptors (Lipinski definition) is 5. The van der Waals surface area contributed by atoms with Crippen molar-refractivity contribution in [3.63, 3.8) is 0 Å². The van der Waals surface area contributed by atoms with Crippen molar-refractivity contribution in [2.24, 2.45) is 5.92 Å². The van der Waals surface area contributed by atoms with Gasteiger partial charge in [-0.15, -0.1) is 0 Å². The monoisotopic (exact) mass is 316 g/mol. The molecule has 6 nitrogen and oxygen atoms in total. The van der Waals surface area contributed by atoms with Crippen molar-refractivity contribution >= 4 is 6.09 Å². The number of rotatable bonds is 7. The van der Waals surface area contributed by atoms with Crippen LogP contribution in [-0.4, -0.2) is 67.2 Å². The van der Waals surface area contributed by atoms with Crippen molar-refractivity contribution in [1.82, 2.24) is 10.2 Å². The van der Waals surface area contributed by atoms with E-state index in [1.54, 1.807) is 11.8 Å². The maximum atomic E-state index is 12.1. The summed E-state index contributed by atoms with van der Waals surface area (Å²) in [6.07, 6.45) is 1.25. The van der Waals surface area contributed by atoms with E-state index in [0.717, 1.165) is 32.6 Å². The van der Waals surface area contributed by atoms with Crippen molar-refractivity contribution in [1.29, 1.82) is 0 Å². The Balaban J connectivity index is 2.32. The summed E-state index contributed by atoms with van der Waals surface area (Å²) in [5.74, 6) is 0.653. The second-order valence-electron chi connectivity index (χ2n) is 7.04. The van der Waals surface area contributed by atoms with Crippen LogP contribution >= 0.6 is 0 Å². The van der Waals surface area contributed by atoms with Crippen molar-refractivity contribution < 1.29 is 19.4 Å². The Labute approximate surface area is 134 Å². The van der Waals surface area contributed by atoms with Gasteiger partial charge in [-0.2, -0.15) is 0 Å². The maximum absolute atomic E-state index is 12.1. The molecule has 6 heteroatoms. The Morgan fingerprint density at radius 2 is 2.05 bits per heavy atom. The van der Waals surface area contributed by atoms with Gasteiger partial charge in [-0.1, -0.05) is 0 Å². The fraction of sp³-hybridized carbons (Fsp3) is 0.938. The molecule has 0 bridgehead atoms. The minimum absolute atomic E-state index is 0.286. The lowest BCUT2D eigenvalue weighted by Gasteiger charge is -2.28. The van der Waals surface area contributed by atoms with Gasteiger partial charge in [0.2, 0.25) is 0 Å². The van der Waals surface area contributed by atoms with E-state index in [4.69, 9.17) is 9.47 Å². The van der Waals surface area contributed by atoms with Gasteiger partial charge in [-0.05, 0) is 53.0 Å². The van der Waals surface area contributed by atoms with Crippen LogP contribution < -0.4 is 5.32 Å². The number of nitrogens with zero attached hydrogens (tertiary/aromatic N) is 1. The van der Waals surface area contributed by atoms with E-state index in [0.29, 0.717) is 19.0 Å². The molecule has 1 atom stereocenters. The van der Waals surface area contributed by atoms with Crippen LogP contribution in [0.1, 0.15) is 40.5 Å². The van der Waals surface area contributed by atoms with Gasteiger partial charge in [-0.25, -0.2) is 4.79 Å². The molecule has 0 saturated carbocycles. The first-order valence-corrected chi connectivity index (χ1v) is 8.22. The van der Waals surface area contributed by atoms with E-state index >= 15 is 0 Å². The summed E-state index contributed by atoms with van der Waals surface area (Å²) in [6, 6.07) is 0. The molecule has 0 spiro atoms. The molecule has 2 N–H and O–H groups in total. The molecule has 1 unspecified atom stereocenters. The lowest BCUT2D eigenvalue weighted by atomic mass is 10.0. The Bertz CT molecular complexity index is 323. The highest BCUT2D eigenvalue weighted by Crippen LogP contribution is 2.13. The molecule has 0 radical (unpaired) electrons. The zero-order valence-electron chi connectivity index (χ0n) is 14.4. The van der Waals surface area contributed by atoms with Crippen LogP contribution in [0.25, 0.3) is 0 Å². The highest BCUT2D eigenvalue weighted by atomic mass is 16.6. The number of aliphatic hydroxyl groups excluding tert-OH is 1. The Hall–Kier alpha value is -0.850. The first kappa shape index (κ1) is 19.2. The fourth-order valence-electron chi connectivity index (χ4n) is 2.37. The standard InChI is InChI=1S/C16H32N2O4/c1-13(19)12-18(15(20)22-16(2,3)4)8-7-17-11-14-5-9-21-10-6-14/h13-14,17,19H,5-12H2,1-4H3. The summed E-state index contributed by atoms with van der Waals surface area (Å²) in [5.41, 5.74) is -0.524. The van der Waals surface area contributed by atoms with Gasteiger partial charge in [-0.3, -0.25) is 0 Å². The van der Waals surface area contributed by atoms with Gasteiger partial charge < -0.3 is 24.8 Å². The van der Waals surface area contributed by atoms with Gasteiger partial charge >= 0.3 is 6.09 Å². The number of aliphatic hydroxyl groups is 1. The molecule has 1 aliphatic rings. The molecule has 1 aliphatic heterocycles. The Kier molecular flexibility index (Phi) is 8.14. The number of amides is 1. The molecule has 0 aromatic carbocycles. The first-order chi connectivity index (χ1) is 10.3. The van der Waals surface area contributed by atoms with Gasteiger partial charge in [0.25, 0.3) is 0 Å². The average molecular weight is 316 g/mol. The zero-order valence-corrected chi connectivity index (χ0v) is 14.4. The van der Waals surface area contributed by atoms with Crippen molar-refractivity contribution in [3.05, 3.63) is 0 Å². The molecule has 22 heavy (non-hydrogen) atoms. The summed E-state index contributed by atoms with van der Waals surface area (Å²) >= 11 is 0. The summed E-state index contributed by atoms with van der Waals surface area (Å²) in [6.45, 7) is 11.3. The van der Waals surface area contributed by atoms with Crippen molar-refractivity contribution in [2.75, 3.05) is 39.4 Å². The first-order valence-electron chi connectivity index (χ1n) is 8.22. The average Bonchev–Trinajstić information content (AvgIpc) is 2.41. The van der Waals surface area contributed by atoms with Gasteiger partial charge in [0.1, 0.15) is 5.60 Å². The minimum atomic E-state index is -0.567. The number of hydrogen-bond donors (Lipinski definition) is 2. The molecule has 1 amide bonds. The Morgan fingerprint density at radius 1 is 1.41 bits per heavy atom. The Morgan fingerprint density at radius 3 is 2.59 bits per heavy atom. The van der Waals surface area contributed by atoms with Crippen LogP contribution in [0.5, 0.6) is 0 Å². The number of carbonyl (C=O) groups excluding carboxylic acids is 1. The number of ether oxygens (including phenoxy) is 2. The summed E-state index contributed by atoms with van der Waals surface area (Å²) in [4.78, 5) is 13.7. The van der Waals surface area contributed by atoms with Crippen LogP contribution in [0.3, 0.4) is 0 Å². The third-order valence-corrected chi connectivity index (χ3v) is 3.47. The molecular weight excluding hydrogens is 284 g/mol. The molecule has 0 aromatic heterocycles. The molecule has 0 aromatic rings. The van der Waals surface area contributed by atoms with Gasteiger partial charge in [0.15, 0.2) is 0 Å². The van der Waals surface area contributed by atoms with E-state index < -0.39 is 11.7 Å². The van der Waals surface area contributed by atoms with Gasteiger partial charge in [0.05, 0.1) is 6.10 Å². The highest BCUT2D eigenvalue weighted by Gasteiger charge is 2.23. The van der Waals surface area contributed by atoms with Crippen LogP contribution in [0.4, 0.5) is 4.79 Å². The van der Waals surface area contributed by atoms with Crippen LogP contribution in [-0.2, 0) is 9.47 Å². The predicted octanol–water partition coefficient (Wildman–Crippen LogP) is 1.62. The second kappa shape index (κ2) is 9.33. The van der Waals surface area contributed by atoms with E-state index in [-0.39, 0.29) is 12.6 Å². The third kappa shape index (κ3) is 8.56. The van der Waals surface area contributed by atoms with Crippen molar-refractivity contribution in [3.8, 4) is 0 Å². The molecule has 0 aliphatic carbocycles. The van der Waals surface area contributed by atoms with E-state index in [2.05, 4.69) is 5.32 Å². The van der Waals surface area contributed by atoms with Crippen LogP contribution in [0.2, 0.25) is 0 Å². The molecule has 1 heterocycles. The molecule has 1 fully saturated rings. The van der Waals surface area contributed by atoms with E-state index in [1.165, 1.54) is 0 Å². The molecular formula is C16H32N2O4. The molecule has 130 valence electrons. The zero-order chi connectivity index (χ0) is 16.6. The lowest BCUT2D eigenvalue weighted by molar-refractivity contribution is 0.0163. The molecule has 1 saturated heterocycles. The summed E-state index contributed by atoms with van der Waals surface area (Å²) < 4.78 is 10.7. The van der Waals surface area contributed by atoms with E-state index in [1.807, 2.05) is 20.8 Å². The quantitative estimate of drug-likeness (QED) is 0.699. The van der Waals surface area contributed by atoms with Crippen LogP contribution in [0.15, 0.2) is 0 Å². The summed E-state index contributed by atoms with van der Waals surface area (Å²) in [5, 5.41) is 12.9. The maximum Gasteiger partial charge on any atom is 0.410 e. The van der Waals surface area contributed by atoms with E-state index in [9.17, 15) is 9.90 Å². The predicted molar refractivity (Wildman–Crippen MR) is 85.9 cm³/mol.